The first-order valence-corrected chi connectivity index (χ1v) is 10.0. The number of benzene rings is 2. The summed E-state index contributed by atoms with van der Waals surface area (Å²) in [6.45, 7) is 1.39. The maximum Gasteiger partial charge on any atom is 0.261 e. The predicted octanol–water partition coefficient (Wildman–Crippen LogP) is 4.01. The largest absolute Gasteiger partial charge is 0.326 e. The number of aromatic nitrogens is 1. The van der Waals surface area contributed by atoms with Gasteiger partial charge in [0.25, 0.3) is 10.0 Å². The number of carbonyl (C=O) groups is 1. The van der Waals surface area contributed by atoms with Crippen LogP contribution in [0.2, 0.25) is 0 Å². The van der Waals surface area contributed by atoms with Gasteiger partial charge in [-0.3, -0.25) is 14.5 Å². The normalized spacial score (nSPS) is 11.3. The molecule has 1 aromatic heterocycles. The monoisotopic (exact) mass is 393 g/mol. The molecule has 7 heteroatoms. The van der Waals surface area contributed by atoms with Crippen LogP contribution >= 0.6 is 0 Å². The zero-order chi connectivity index (χ0) is 20.0. The summed E-state index contributed by atoms with van der Waals surface area (Å²) in [4.78, 5) is 15.4. The smallest absolute Gasteiger partial charge is 0.261 e. The molecule has 0 fully saturated rings. The molecule has 3 rings (SSSR count). The Morgan fingerprint density at radius 3 is 2.39 bits per heavy atom. The van der Waals surface area contributed by atoms with Crippen LogP contribution in [0.1, 0.15) is 18.2 Å². The van der Waals surface area contributed by atoms with Crippen molar-refractivity contribution in [2.75, 3.05) is 10.0 Å². The molecule has 28 heavy (non-hydrogen) atoms. The van der Waals surface area contributed by atoms with Gasteiger partial charge < -0.3 is 5.32 Å². The summed E-state index contributed by atoms with van der Waals surface area (Å²) in [6, 6.07) is 18.7. The van der Waals surface area contributed by atoms with Crippen molar-refractivity contribution >= 4 is 39.5 Å². The Balaban J connectivity index is 1.75. The number of nitrogens with one attached hydrogen (secondary N) is 2. The third-order valence-electron chi connectivity index (χ3n) is 3.76. The van der Waals surface area contributed by atoms with Crippen LogP contribution in [0.15, 0.2) is 77.8 Å². The van der Waals surface area contributed by atoms with Crippen molar-refractivity contribution in [2.45, 2.75) is 11.8 Å². The van der Waals surface area contributed by atoms with E-state index in [0.717, 1.165) is 11.3 Å². The van der Waals surface area contributed by atoms with Gasteiger partial charge in [-0.15, -0.1) is 0 Å². The zero-order valence-electron chi connectivity index (χ0n) is 15.2. The van der Waals surface area contributed by atoms with Gasteiger partial charge >= 0.3 is 0 Å². The van der Waals surface area contributed by atoms with Crippen LogP contribution in [0, 0.1) is 0 Å². The maximum absolute atomic E-state index is 12.6. The highest BCUT2D eigenvalue weighted by atomic mass is 32.2. The molecular weight excluding hydrogens is 374 g/mol. The molecule has 142 valence electrons. The van der Waals surface area contributed by atoms with Crippen molar-refractivity contribution < 1.29 is 13.2 Å². The van der Waals surface area contributed by atoms with Crippen LogP contribution in [0.5, 0.6) is 0 Å². The number of carbonyl (C=O) groups excluding carboxylic acids is 1. The van der Waals surface area contributed by atoms with Crippen LogP contribution in [0.25, 0.3) is 12.2 Å². The molecule has 1 heterocycles. The molecule has 1 amide bonds. The van der Waals surface area contributed by atoms with E-state index in [4.69, 9.17) is 0 Å². The number of sulfonamides is 1. The zero-order valence-corrected chi connectivity index (χ0v) is 16.0. The highest BCUT2D eigenvalue weighted by molar-refractivity contribution is 7.92. The lowest BCUT2D eigenvalue weighted by molar-refractivity contribution is -0.114. The van der Waals surface area contributed by atoms with Crippen LogP contribution in [-0.4, -0.2) is 19.3 Å². The number of hydrogen-bond acceptors (Lipinski definition) is 4. The molecule has 0 aliphatic rings. The fourth-order valence-electron chi connectivity index (χ4n) is 2.50. The van der Waals surface area contributed by atoms with E-state index in [1.165, 1.54) is 19.1 Å². The average Bonchev–Trinajstić information content (AvgIpc) is 2.67. The van der Waals surface area contributed by atoms with Gasteiger partial charge in [-0.05, 0) is 60.2 Å². The van der Waals surface area contributed by atoms with E-state index in [0.29, 0.717) is 11.4 Å². The molecule has 2 N–H and O–H groups in total. The Morgan fingerprint density at radius 2 is 1.71 bits per heavy atom. The van der Waals surface area contributed by atoms with E-state index in [2.05, 4.69) is 15.0 Å². The van der Waals surface area contributed by atoms with E-state index < -0.39 is 10.0 Å². The predicted molar refractivity (Wildman–Crippen MR) is 111 cm³/mol. The van der Waals surface area contributed by atoms with Gasteiger partial charge in [-0.1, -0.05) is 24.3 Å². The molecule has 0 radical (unpaired) electrons. The summed E-state index contributed by atoms with van der Waals surface area (Å²) in [7, 11) is -3.74. The van der Waals surface area contributed by atoms with Crippen LogP contribution < -0.4 is 10.0 Å². The Morgan fingerprint density at radius 1 is 0.929 bits per heavy atom. The van der Waals surface area contributed by atoms with Crippen molar-refractivity contribution in [3.05, 3.63) is 84.2 Å². The number of hydrogen-bond donors (Lipinski definition) is 2. The van der Waals surface area contributed by atoms with Gasteiger partial charge in [0.2, 0.25) is 5.91 Å². The lowest BCUT2D eigenvalue weighted by Gasteiger charge is -2.09. The highest BCUT2D eigenvalue weighted by Crippen LogP contribution is 2.20. The second-order valence-electron chi connectivity index (χ2n) is 6.02. The van der Waals surface area contributed by atoms with Crippen molar-refractivity contribution in [3.63, 3.8) is 0 Å². The number of rotatable bonds is 6. The molecule has 2 aromatic carbocycles. The van der Waals surface area contributed by atoms with Gasteiger partial charge in [0, 0.05) is 24.5 Å². The highest BCUT2D eigenvalue weighted by Gasteiger charge is 2.14. The van der Waals surface area contributed by atoms with Gasteiger partial charge in [0.1, 0.15) is 0 Å². The molecule has 3 aromatic rings. The molecule has 0 bridgehead atoms. The van der Waals surface area contributed by atoms with Gasteiger partial charge in [0.15, 0.2) is 0 Å². The van der Waals surface area contributed by atoms with Gasteiger partial charge in [0.05, 0.1) is 10.6 Å². The lowest BCUT2D eigenvalue weighted by Crippen LogP contribution is -2.13. The molecular formula is C21H19N3O3S. The standard InChI is InChI=1S/C21H19N3O3S/c1-16(25)23-19-10-12-21(13-11-19)28(26,27)24-20-7-4-5-17(15-20)8-9-18-6-2-3-14-22-18/h2-15,24H,1H3,(H,23,25)/b9-8+. The van der Waals surface area contributed by atoms with Crippen molar-refractivity contribution in [3.8, 4) is 0 Å². The number of nitrogens with zero attached hydrogens (tertiary/aromatic N) is 1. The van der Waals surface area contributed by atoms with E-state index in [1.54, 1.807) is 36.5 Å². The third kappa shape index (κ3) is 5.28. The van der Waals surface area contributed by atoms with Gasteiger partial charge in [-0.2, -0.15) is 0 Å². The molecule has 0 saturated heterocycles. The Bertz CT molecular complexity index is 1090. The summed E-state index contributed by atoms with van der Waals surface area (Å²) in [5, 5.41) is 2.60. The SMILES string of the molecule is CC(=O)Nc1ccc(S(=O)(=O)Nc2cccc(/C=C/c3ccccn3)c2)cc1. The van der Waals surface area contributed by atoms with Gasteiger partial charge in [-0.25, -0.2) is 8.42 Å². The minimum absolute atomic E-state index is 0.107. The average molecular weight is 393 g/mol. The summed E-state index contributed by atoms with van der Waals surface area (Å²) in [6.07, 6.45) is 5.43. The first kappa shape index (κ1) is 19.3. The molecule has 0 spiro atoms. The fraction of sp³-hybridized carbons (Fsp3) is 0.0476. The fourth-order valence-corrected chi connectivity index (χ4v) is 3.55. The van der Waals surface area contributed by atoms with E-state index in [-0.39, 0.29) is 10.8 Å². The first-order valence-electron chi connectivity index (χ1n) is 8.52. The molecule has 0 atom stereocenters. The van der Waals surface area contributed by atoms with E-state index >= 15 is 0 Å². The number of pyridine rings is 1. The summed E-state index contributed by atoms with van der Waals surface area (Å²) in [5.74, 6) is -0.218. The minimum Gasteiger partial charge on any atom is -0.326 e. The minimum atomic E-state index is -3.74. The molecule has 6 nitrogen and oxygen atoms in total. The summed E-state index contributed by atoms with van der Waals surface area (Å²) < 4.78 is 27.8. The second kappa shape index (κ2) is 8.49. The Kier molecular flexibility index (Phi) is 5.86. The molecule has 0 unspecified atom stereocenters. The van der Waals surface area contributed by atoms with Crippen LogP contribution in [-0.2, 0) is 14.8 Å². The first-order chi connectivity index (χ1) is 13.4. The van der Waals surface area contributed by atoms with Crippen molar-refractivity contribution in [1.82, 2.24) is 4.98 Å². The van der Waals surface area contributed by atoms with Crippen molar-refractivity contribution in [2.24, 2.45) is 0 Å². The topological polar surface area (TPSA) is 88.2 Å². The molecule has 0 saturated carbocycles. The van der Waals surface area contributed by atoms with E-state index in [1.807, 2.05) is 36.4 Å². The van der Waals surface area contributed by atoms with Crippen LogP contribution in [0.3, 0.4) is 0 Å². The summed E-state index contributed by atoms with van der Waals surface area (Å²) in [5.41, 5.74) is 2.64. The summed E-state index contributed by atoms with van der Waals surface area (Å²) >= 11 is 0. The van der Waals surface area contributed by atoms with Crippen molar-refractivity contribution in [1.29, 1.82) is 0 Å². The molecule has 0 aliphatic heterocycles. The Labute approximate surface area is 164 Å². The number of anilines is 2. The number of amides is 1. The maximum atomic E-state index is 12.6. The third-order valence-corrected chi connectivity index (χ3v) is 5.16. The Hall–Kier alpha value is -3.45. The molecule has 0 aliphatic carbocycles. The second-order valence-corrected chi connectivity index (χ2v) is 7.71. The van der Waals surface area contributed by atoms with Crippen LogP contribution in [0.4, 0.5) is 11.4 Å². The quantitative estimate of drug-likeness (QED) is 0.662. The van der Waals surface area contributed by atoms with E-state index in [9.17, 15) is 13.2 Å². The lowest BCUT2D eigenvalue weighted by atomic mass is 10.2.